The Kier molecular flexibility index (Phi) is 3.60. The average molecular weight is 209 g/mol. The van der Waals surface area contributed by atoms with Crippen molar-refractivity contribution >= 4 is 17.6 Å². The first-order valence-corrected chi connectivity index (χ1v) is 4.09. The first-order chi connectivity index (χ1) is 7.13. The Hall–Kier alpha value is -2.13. The van der Waals surface area contributed by atoms with E-state index in [1.165, 1.54) is 30.2 Å². The van der Waals surface area contributed by atoms with Gasteiger partial charge in [-0.25, -0.2) is 14.0 Å². The van der Waals surface area contributed by atoms with Crippen molar-refractivity contribution in [3.63, 3.8) is 0 Å². The molecule has 0 bridgehead atoms. The van der Waals surface area contributed by atoms with Gasteiger partial charge in [-0.3, -0.25) is 0 Å². The normalized spacial score (nSPS) is 11.3. The Morgan fingerprint density at radius 2 is 2.07 bits per heavy atom. The summed E-state index contributed by atoms with van der Waals surface area (Å²) in [6.45, 7) is 0. The summed E-state index contributed by atoms with van der Waals surface area (Å²) in [6.07, 6.45) is 0.839. The Balaban J connectivity index is 2.78. The van der Waals surface area contributed by atoms with Gasteiger partial charge in [-0.05, 0) is 24.3 Å². The Bertz CT molecular complexity index is 394. The van der Waals surface area contributed by atoms with Gasteiger partial charge in [-0.15, -0.1) is 0 Å². The van der Waals surface area contributed by atoms with Gasteiger partial charge in [0.1, 0.15) is 11.8 Å². The highest BCUT2D eigenvalue weighted by molar-refractivity contribution is 5.82. The summed E-state index contributed by atoms with van der Waals surface area (Å²) in [5, 5.41) is 11.2. The molecule has 0 aliphatic carbocycles. The van der Waals surface area contributed by atoms with Crippen LogP contribution in [0.15, 0.2) is 30.3 Å². The second kappa shape index (κ2) is 4.93. The molecule has 0 aromatic heterocycles. The van der Waals surface area contributed by atoms with Gasteiger partial charge >= 0.3 is 5.97 Å². The highest BCUT2D eigenvalue weighted by Crippen LogP contribution is 2.09. The molecule has 1 atom stereocenters. The standard InChI is InChI=1S/C10H8FNO3/c11-7-1-3-8(4-2-7)12-9(5-6-13)10(14)15/h1-5,9,12H,(H,14,15). The maximum absolute atomic E-state index is 12.5. The fraction of sp³-hybridized carbons (Fsp3) is 0.100. The zero-order chi connectivity index (χ0) is 11.3. The summed E-state index contributed by atoms with van der Waals surface area (Å²) < 4.78 is 12.5. The molecule has 4 nitrogen and oxygen atoms in total. The number of carbonyl (C=O) groups is 1. The predicted molar refractivity (Wildman–Crippen MR) is 51.7 cm³/mol. The monoisotopic (exact) mass is 209 g/mol. The molecule has 0 saturated carbocycles. The second-order valence-corrected chi connectivity index (χ2v) is 2.75. The van der Waals surface area contributed by atoms with Gasteiger partial charge in [-0.2, -0.15) is 0 Å². The van der Waals surface area contributed by atoms with Crippen LogP contribution in [-0.2, 0) is 9.59 Å². The smallest absolute Gasteiger partial charge is 0.330 e. The van der Waals surface area contributed by atoms with Crippen LogP contribution in [0.1, 0.15) is 0 Å². The third-order valence-electron chi connectivity index (χ3n) is 1.67. The maximum atomic E-state index is 12.5. The van der Waals surface area contributed by atoms with Crippen LogP contribution < -0.4 is 5.32 Å². The molecule has 0 fully saturated rings. The molecule has 1 aromatic rings. The highest BCUT2D eigenvalue weighted by atomic mass is 19.1. The molecule has 15 heavy (non-hydrogen) atoms. The van der Waals surface area contributed by atoms with E-state index in [1.807, 2.05) is 0 Å². The third kappa shape index (κ3) is 3.25. The van der Waals surface area contributed by atoms with Crippen LogP contribution in [-0.4, -0.2) is 23.1 Å². The van der Waals surface area contributed by atoms with Crippen LogP contribution in [0.2, 0.25) is 0 Å². The number of nitrogens with one attached hydrogen (secondary N) is 1. The summed E-state index contributed by atoms with van der Waals surface area (Å²) in [5.74, 6) is -0.236. The lowest BCUT2D eigenvalue weighted by Gasteiger charge is -2.10. The zero-order valence-electron chi connectivity index (χ0n) is 7.61. The topological polar surface area (TPSA) is 66.4 Å². The number of hydrogen-bond donors (Lipinski definition) is 2. The van der Waals surface area contributed by atoms with Crippen LogP contribution in [0.5, 0.6) is 0 Å². The molecule has 1 unspecified atom stereocenters. The van der Waals surface area contributed by atoms with Gasteiger partial charge in [0, 0.05) is 11.8 Å². The van der Waals surface area contributed by atoms with Gasteiger partial charge in [0.2, 0.25) is 0 Å². The largest absolute Gasteiger partial charge is 0.479 e. The molecule has 1 aromatic carbocycles. The first kappa shape index (κ1) is 10.9. The van der Waals surface area contributed by atoms with Crippen molar-refractivity contribution in [3.8, 4) is 0 Å². The van der Waals surface area contributed by atoms with E-state index in [0.717, 1.165) is 6.08 Å². The molecule has 0 radical (unpaired) electrons. The van der Waals surface area contributed by atoms with Gasteiger partial charge in [0.15, 0.2) is 6.04 Å². The van der Waals surface area contributed by atoms with E-state index in [0.29, 0.717) is 5.69 Å². The number of rotatable bonds is 4. The Morgan fingerprint density at radius 3 is 2.53 bits per heavy atom. The summed E-state index contributed by atoms with van der Waals surface area (Å²) in [5.41, 5.74) is 0.412. The van der Waals surface area contributed by atoms with Crippen molar-refractivity contribution in [2.75, 3.05) is 5.32 Å². The van der Waals surface area contributed by atoms with Crippen LogP contribution in [0, 0.1) is 5.82 Å². The number of halogens is 1. The SMILES string of the molecule is O=C=CC(Nc1ccc(F)cc1)C(=O)O. The predicted octanol–water partition coefficient (Wildman–Crippen LogP) is 1.08. The van der Waals surface area contributed by atoms with E-state index in [4.69, 9.17) is 5.11 Å². The first-order valence-electron chi connectivity index (χ1n) is 4.09. The van der Waals surface area contributed by atoms with Crippen molar-refractivity contribution in [1.29, 1.82) is 0 Å². The van der Waals surface area contributed by atoms with Crippen LogP contribution in [0.4, 0.5) is 10.1 Å². The van der Waals surface area contributed by atoms with Crippen molar-refractivity contribution in [3.05, 3.63) is 36.2 Å². The molecule has 2 N–H and O–H groups in total. The summed E-state index contributed by atoms with van der Waals surface area (Å²) >= 11 is 0. The van der Waals surface area contributed by atoms with Crippen molar-refractivity contribution in [2.24, 2.45) is 0 Å². The molecule has 0 saturated heterocycles. The second-order valence-electron chi connectivity index (χ2n) is 2.75. The number of carbonyl (C=O) groups excluding carboxylic acids is 1. The molecule has 0 spiro atoms. The number of hydrogen-bond acceptors (Lipinski definition) is 3. The molecule has 0 aliphatic rings. The number of benzene rings is 1. The van der Waals surface area contributed by atoms with E-state index in [1.54, 1.807) is 0 Å². The van der Waals surface area contributed by atoms with E-state index in [2.05, 4.69) is 5.32 Å². The van der Waals surface area contributed by atoms with E-state index in [-0.39, 0.29) is 0 Å². The minimum absolute atomic E-state index is 0.412. The molecular weight excluding hydrogens is 201 g/mol. The molecule has 78 valence electrons. The minimum atomic E-state index is -1.21. The highest BCUT2D eigenvalue weighted by Gasteiger charge is 2.13. The lowest BCUT2D eigenvalue weighted by molar-refractivity contribution is -0.136. The van der Waals surface area contributed by atoms with Gasteiger partial charge in [-0.1, -0.05) is 0 Å². The van der Waals surface area contributed by atoms with Gasteiger partial charge in [0.25, 0.3) is 0 Å². The molecule has 0 amide bonds. The fourth-order valence-electron chi connectivity index (χ4n) is 0.968. The number of carboxylic acid groups (broad SMARTS) is 1. The summed E-state index contributed by atoms with van der Waals surface area (Å²) in [4.78, 5) is 20.6. The molecule has 0 aliphatic heterocycles. The molecule has 0 heterocycles. The maximum Gasteiger partial charge on any atom is 0.330 e. The average Bonchev–Trinajstić information content (AvgIpc) is 2.20. The number of anilines is 1. The van der Waals surface area contributed by atoms with E-state index >= 15 is 0 Å². The quantitative estimate of drug-likeness (QED) is 0.728. The van der Waals surface area contributed by atoms with Gasteiger partial charge < -0.3 is 10.4 Å². The van der Waals surface area contributed by atoms with Crippen molar-refractivity contribution in [1.82, 2.24) is 0 Å². The zero-order valence-corrected chi connectivity index (χ0v) is 7.61. The lowest BCUT2D eigenvalue weighted by atomic mass is 10.2. The van der Waals surface area contributed by atoms with E-state index in [9.17, 15) is 14.0 Å². The summed E-state index contributed by atoms with van der Waals surface area (Å²) in [7, 11) is 0. The Morgan fingerprint density at radius 1 is 1.47 bits per heavy atom. The van der Waals surface area contributed by atoms with Gasteiger partial charge in [0.05, 0.1) is 0 Å². The van der Waals surface area contributed by atoms with Crippen LogP contribution >= 0.6 is 0 Å². The van der Waals surface area contributed by atoms with E-state index < -0.39 is 17.8 Å². The molecule has 1 rings (SSSR count). The third-order valence-corrected chi connectivity index (χ3v) is 1.67. The van der Waals surface area contributed by atoms with Crippen molar-refractivity contribution in [2.45, 2.75) is 6.04 Å². The minimum Gasteiger partial charge on any atom is -0.479 e. The fourth-order valence-corrected chi connectivity index (χ4v) is 0.968. The number of aliphatic carboxylic acids is 1. The molecule has 5 heteroatoms. The van der Waals surface area contributed by atoms with Crippen LogP contribution in [0.25, 0.3) is 0 Å². The van der Waals surface area contributed by atoms with Crippen molar-refractivity contribution < 1.29 is 19.1 Å². The summed E-state index contributed by atoms with van der Waals surface area (Å²) in [6, 6.07) is 3.97. The van der Waals surface area contributed by atoms with Crippen LogP contribution in [0.3, 0.4) is 0 Å². The Labute approximate surface area is 85.0 Å². The number of carboxylic acids is 1. The lowest BCUT2D eigenvalue weighted by Crippen LogP contribution is -2.27. The molecular formula is C10H8FNO3.